The molecule has 2 aromatic heterocycles. The molecule has 0 N–H and O–H groups in total. The van der Waals surface area contributed by atoms with Crippen LogP contribution in [-0.2, 0) is 11.3 Å². The Labute approximate surface area is 186 Å². The van der Waals surface area contributed by atoms with Gasteiger partial charge in [0.25, 0.3) is 5.69 Å². The zero-order chi connectivity index (χ0) is 23.0. The van der Waals surface area contributed by atoms with Crippen molar-refractivity contribution in [1.82, 2.24) is 14.5 Å². The lowest BCUT2D eigenvalue weighted by Gasteiger charge is -2.10. The quantitative estimate of drug-likeness (QED) is 0.240. The van der Waals surface area contributed by atoms with Gasteiger partial charge in [-0.05, 0) is 31.2 Å². The number of hydrogen-bond donors (Lipinski definition) is 0. The van der Waals surface area contributed by atoms with Crippen LogP contribution in [0, 0.1) is 22.9 Å². The molecule has 0 radical (unpaired) electrons. The third-order valence-electron chi connectivity index (χ3n) is 5.03. The lowest BCUT2D eigenvalue weighted by Crippen LogP contribution is -2.09. The van der Waals surface area contributed by atoms with Gasteiger partial charge in [-0.2, -0.15) is 0 Å². The van der Waals surface area contributed by atoms with Crippen LogP contribution in [0.1, 0.15) is 21.7 Å². The first-order valence-corrected chi connectivity index (χ1v) is 9.82. The number of aromatic nitrogens is 3. The number of fused-ring (bicyclic) bond motifs is 1. The van der Waals surface area contributed by atoms with Gasteiger partial charge in [0, 0.05) is 22.9 Å². The second-order valence-electron chi connectivity index (χ2n) is 7.01. The van der Waals surface area contributed by atoms with Crippen molar-refractivity contribution in [3.8, 4) is 11.4 Å². The number of carbonyl (C=O) groups excluding carboxylic acids is 1. The molecule has 0 aliphatic carbocycles. The number of hydrogen-bond acceptors (Lipinski definition) is 6. The van der Waals surface area contributed by atoms with Gasteiger partial charge in [0.2, 0.25) is 0 Å². The molecule has 0 saturated carbocycles. The molecule has 0 atom stereocenters. The maximum atomic E-state index is 14.0. The van der Waals surface area contributed by atoms with E-state index < -0.39 is 16.7 Å². The minimum Gasteiger partial charge on any atom is -0.464 e. The highest BCUT2D eigenvalue weighted by Crippen LogP contribution is 2.29. The predicted octanol–water partition coefficient (Wildman–Crippen LogP) is 4.94. The molecule has 0 fully saturated rings. The number of nitro groups is 1. The largest absolute Gasteiger partial charge is 0.464 e. The standard InChI is InChI=1S/C22H16ClFN4O4/c1-12-9-15-19(22(29)32-2)25-20(13-7-8-16(23)17(24)10-13)26-21(15)27(12)11-14-5-3-4-6-18(14)28(30)31/h3-10H,11H2,1-2H3. The van der Waals surface area contributed by atoms with Crippen LogP contribution in [0.3, 0.4) is 0 Å². The number of aryl methyl sites for hydroxylation is 1. The first-order valence-electron chi connectivity index (χ1n) is 9.44. The highest BCUT2D eigenvalue weighted by atomic mass is 35.5. The van der Waals surface area contributed by atoms with Crippen LogP contribution < -0.4 is 0 Å². The van der Waals surface area contributed by atoms with E-state index >= 15 is 0 Å². The summed E-state index contributed by atoms with van der Waals surface area (Å²) in [6.45, 7) is 1.93. The summed E-state index contributed by atoms with van der Waals surface area (Å²) in [5, 5.41) is 11.8. The summed E-state index contributed by atoms with van der Waals surface area (Å²) in [5.41, 5.74) is 1.83. The third kappa shape index (κ3) is 3.78. The molecule has 10 heteroatoms. The van der Waals surface area contributed by atoms with E-state index in [0.717, 1.165) is 0 Å². The Morgan fingerprint density at radius 1 is 1.22 bits per heavy atom. The number of nitro benzene ring substituents is 1. The summed E-state index contributed by atoms with van der Waals surface area (Å²) in [6, 6.07) is 12.2. The monoisotopic (exact) mass is 454 g/mol. The molecule has 0 aliphatic rings. The molecular weight excluding hydrogens is 439 g/mol. The van der Waals surface area contributed by atoms with E-state index in [1.54, 1.807) is 35.8 Å². The number of para-hydroxylation sites is 1. The molecule has 2 heterocycles. The topological polar surface area (TPSA) is 100 Å². The van der Waals surface area contributed by atoms with Gasteiger partial charge < -0.3 is 9.30 Å². The molecule has 4 rings (SSSR count). The van der Waals surface area contributed by atoms with Crippen molar-refractivity contribution in [2.75, 3.05) is 7.11 Å². The fourth-order valence-corrected chi connectivity index (χ4v) is 3.58. The maximum Gasteiger partial charge on any atom is 0.357 e. The number of ether oxygens (including phenoxy) is 1. The fourth-order valence-electron chi connectivity index (χ4n) is 3.46. The summed E-state index contributed by atoms with van der Waals surface area (Å²) in [7, 11) is 1.23. The van der Waals surface area contributed by atoms with E-state index in [-0.39, 0.29) is 28.8 Å². The highest BCUT2D eigenvalue weighted by Gasteiger charge is 2.22. The van der Waals surface area contributed by atoms with Crippen molar-refractivity contribution in [2.24, 2.45) is 0 Å². The second kappa shape index (κ2) is 8.35. The maximum absolute atomic E-state index is 14.0. The van der Waals surface area contributed by atoms with E-state index in [1.807, 2.05) is 0 Å². The van der Waals surface area contributed by atoms with Gasteiger partial charge in [-0.25, -0.2) is 19.2 Å². The normalized spacial score (nSPS) is 11.0. The summed E-state index contributed by atoms with van der Waals surface area (Å²) < 4.78 is 20.7. The van der Waals surface area contributed by atoms with Gasteiger partial charge in [-0.1, -0.05) is 29.8 Å². The molecule has 0 unspecified atom stereocenters. The van der Waals surface area contributed by atoms with Crippen LogP contribution in [0.2, 0.25) is 5.02 Å². The van der Waals surface area contributed by atoms with Crippen LogP contribution in [-0.4, -0.2) is 32.5 Å². The van der Waals surface area contributed by atoms with E-state index in [0.29, 0.717) is 27.9 Å². The van der Waals surface area contributed by atoms with E-state index in [4.69, 9.17) is 16.3 Å². The van der Waals surface area contributed by atoms with Gasteiger partial charge in [0.1, 0.15) is 11.5 Å². The Bertz CT molecular complexity index is 1390. The number of nitrogens with zero attached hydrogens (tertiary/aromatic N) is 4. The van der Waals surface area contributed by atoms with Crippen molar-refractivity contribution >= 4 is 34.3 Å². The molecule has 0 bridgehead atoms. The molecule has 0 spiro atoms. The Balaban J connectivity index is 1.95. The second-order valence-corrected chi connectivity index (χ2v) is 7.42. The minimum absolute atomic E-state index is 0.00673. The van der Waals surface area contributed by atoms with Crippen molar-refractivity contribution in [1.29, 1.82) is 0 Å². The number of esters is 1. The Kier molecular flexibility index (Phi) is 5.58. The van der Waals surface area contributed by atoms with Crippen molar-refractivity contribution in [2.45, 2.75) is 13.5 Å². The van der Waals surface area contributed by atoms with Crippen LogP contribution >= 0.6 is 11.6 Å². The average molecular weight is 455 g/mol. The van der Waals surface area contributed by atoms with Gasteiger partial charge in [0.15, 0.2) is 11.5 Å². The zero-order valence-electron chi connectivity index (χ0n) is 17.0. The molecule has 0 aliphatic heterocycles. The molecule has 4 aromatic rings. The molecule has 0 amide bonds. The Morgan fingerprint density at radius 2 is 1.97 bits per heavy atom. The molecule has 8 nitrogen and oxygen atoms in total. The molecule has 2 aromatic carbocycles. The van der Waals surface area contributed by atoms with Crippen LogP contribution in [0.25, 0.3) is 22.4 Å². The zero-order valence-corrected chi connectivity index (χ0v) is 17.8. The van der Waals surface area contributed by atoms with Crippen molar-refractivity contribution < 1.29 is 18.8 Å². The number of benzene rings is 2. The van der Waals surface area contributed by atoms with Gasteiger partial charge in [-0.3, -0.25) is 10.1 Å². The van der Waals surface area contributed by atoms with Crippen LogP contribution in [0.4, 0.5) is 10.1 Å². The first-order chi connectivity index (χ1) is 15.3. The average Bonchev–Trinajstić information content (AvgIpc) is 3.09. The van der Waals surface area contributed by atoms with Crippen LogP contribution in [0.5, 0.6) is 0 Å². The van der Waals surface area contributed by atoms with E-state index in [9.17, 15) is 19.3 Å². The SMILES string of the molecule is COC(=O)c1nc(-c2ccc(Cl)c(F)c2)nc2c1cc(C)n2Cc1ccccc1[N+](=O)[O-]. The fraction of sp³-hybridized carbons (Fsp3) is 0.136. The Hall–Kier alpha value is -3.85. The summed E-state index contributed by atoms with van der Waals surface area (Å²) in [4.78, 5) is 32.3. The molecule has 0 saturated heterocycles. The highest BCUT2D eigenvalue weighted by molar-refractivity contribution is 6.30. The summed E-state index contributed by atoms with van der Waals surface area (Å²) in [6.07, 6.45) is 0. The number of carbonyl (C=O) groups is 1. The molecule has 32 heavy (non-hydrogen) atoms. The lowest BCUT2D eigenvalue weighted by atomic mass is 10.1. The van der Waals surface area contributed by atoms with Gasteiger partial charge in [0.05, 0.1) is 29.0 Å². The van der Waals surface area contributed by atoms with Crippen LogP contribution in [0.15, 0.2) is 48.5 Å². The predicted molar refractivity (Wildman–Crippen MR) is 116 cm³/mol. The first kappa shape index (κ1) is 21.4. The summed E-state index contributed by atoms with van der Waals surface area (Å²) >= 11 is 5.78. The van der Waals surface area contributed by atoms with Crippen molar-refractivity contribution in [3.63, 3.8) is 0 Å². The number of methoxy groups -OCH3 is 1. The minimum atomic E-state index is -0.684. The molecular formula is C22H16ClFN4O4. The molecule has 162 valence electrons. The Morgan fingerprint density at radius 3 is 2.66 bits per heavy atom. The lowest BCUT2D eigenvalue weighted by molar-refractivity contribution is -0.385. The summed E-state index contributed by atoms with van der Waals surface area (Å²) in [5.74, 6) is -1.25. The van der Waals surface area contributed by atoms with E-state index in [2.05, 4.69) is 9.97 Å². The third-order valence-corrected chi connectivity index (χ3v) is 5.34. The number of rotatable bonds is 5. The van der Waals surface area contributed by atoms with Gasteiger partial charge in [-0.15, -0.1) is 0 Å². The van der Waals surface area contributed by atoms with Gasteiger partial charge >= 0.3 is 5.97 Å². The number of halogens is 2. The van der Waals surface area contributed by atoms with Crippen molar-refractivity contribution in [3.05, 3.63) is 86.4 Å². The van der Waals surface area contributed by atoms with E-state index in [1.165, 1.54) is 31.4 Å². The smallest absolute Gasteiger partial charge is 0.357 e.